The molecule has 0 saturated carbocycles. The Morgan fingerprint density at radius 2 is 1.38 bits per heavy atom. The van der Waals surface area contributed by atoms with E-state index in [1.165, 1.54) is 42.5 Å². The molecular formula is C25H19F6NO5. The normalized spacial score (nSPS) is 11.9. The lowest BCUT2D eigenvalue weighted by molar-refractivity contribution is -0.142. The van der Waals surface area contributed by atoms with Gasteiger partial charge >= 0.3 is 18.3 Å². The minimum absolute atomic E-state index is 0.0987. The molecule has 3 rings (SSSR count). The maximum atomic E-state index is 13.0. The van der Waals surface area contributed by atoms with E-state index in [9.17, 15) is 31.1 Å². The molecule has 0 aliphatic rings. The zero-order valence-electron chi connectivity index (χ0n) is 18.8. The van der Waals surface area contributed by atoms with Gasteiger partial charge in [-0.15, -0.1) is 0 Å². The Hall–Kier alpha value is -4.22. The van der Waals surface area contributed by atoms with Crippen LogP contribution in [0.2, 0.25) is 0 Å². The third-order valence-electron chi connectivity index (χ3n) is 4.75. The molecule has 0 atom stereocenters. The predicted octanol–water partition coefficient (Wildman–Crippen LogP) is 6.32. The van der Waals surface area contributed by atoms with Crippen molar-refractivity contribution in [3.63, 3.8) is 0 Å². The summed E-state index contributed by atoms with van der Waals surface area (Å²) < 4.78 is 89.1. The molecule has 6 nitrogen and oxygen atoms in total. The van der Waals surface area contributed by atoms with Crippen molar-refractivity contribution in [2.75, 3.05) is 6.61 Å². The number of hydrogen-bond acceptors (Lipinski definition) is 5. The van der Waals surface area contributed by atoms with E-state index in [0.717, 1.165) is 30.5 Å². The molecule has 0 unspecified atom stereocenters. The highest BCUT2D eigenvalue weighted by Gasteiger charge is 2.31. The first-order valence-electron chi connectivity index (χ1n) is 10.5. The van der Waals surface area contributed by atoms with Gasteiger partial charge in [0.1, 0.15) is 24.7 Å². The Morgan fingerprint density at radius 3 is 1.92 bits per heavy atom. The van der Waals surface area contributed by atoms with Crippen LogP contribution >= 0.6 is 0 Å². The molecule has 0 aliphatic heterocycles. The molecule has 3 aromatic carbocycles. The van der Waals surface area contributed by atoms with Gasteiger partial charge < -0.3 is 19.4 Å². The Labute approximate surface area is 206 Å². The predicted molar refractivity (Wildman–Crippen MR) is 119 cm³/mol. The fourth-order valence-corrected chi connectivity index (χ4v) is 3.03. The van der Waals surface area contributed by atoms with Crippen LogP contribution in [-0.4, -0.2) is 23.9 Å². The summed E-state index contributed by atoms with van der Waals surface area (Å²) in [4.78, 5) is 15.2. The molecule has 0 amide bonds. The maximum absolute atomic E-state index is 13.0. The van der Waals surface area contributed by atoms with Crippen molar-refractivity contribution in [1.29, 1.82) is 0 Å². The van der Waals surface area contributed by atoms with Crippen LogP contribution in [0.3, 0.4) is 0 Å². The van der Waals surface area contributed by atoms with Gasteiger partial charge in [0.05, 0.1) is 17.3 Å². The summed E-state index contributed by atoms with van der Waals surface area (Å²) in [5.41, 5.74) is -0.921. The minimum atomic E-state index is -4.54. The maximum Gasteiger partial charge on any atom is 0.416 e. The number of oxime groups is 1. The summed E-state index contributed by atoms with van der Waals surface area (Å²) in [6.07, 6.45) is -7.91. The summed E-state index contributed by atoms with van der Waals surface area (Å²) >= 11 is 0. The molecule has 0 saturated heterocycles. The van der Waals surface area contributed by atoms with Gasteiger partial charge in [-0.05, 0) is 47.5 Å². The zero-order chi connectivity index (χ0) is 27.1. The molecule has 1 N–H and O–H groups in total. The van der Waals surface area contributed by atoms with Crippen molar-refractivity contribution >= 4 is 12.2 Å². The van der Waals surface area contributed by atoms with Gasteiger partial charge in [0, 0.05) is 11.6 Å². The van der Waals surface area contributed by atoms with Gasteiger partial charge in [-0.25, -0.2) is 4.79 Å². The van der Waals surface area contributed by atoms with E-state index >= 15 is 0 Å². The van der Waals surface area contributed by atoms with Crippen LogP contribution in [0.1, 0.15) is 27.8 Å². The Balaban J connectivity index is 1.79. The first kappa shape index (κ1) is 27.4. The fraction of sp³-hybridized carbons (Fsp3) is 0.200. The number of hydrogen-bond donors (Lipinski definition) is 1. The Bertz CT molecular complexity index is 1260. The molecular weight excluding hydrogens is 508 g/mol. The van der Waals surface area contributed by atoms with Crippen molar-refractivity contribution < 1.29 is 50.6 Å². The molecule has 12 heteroatoms. The zero-order valence-corrected chi connectivity index (χ0v) is 18.8. The van der Waals surface area contributed by atoms with E-state index < -0.39 is 36.1 Å². The molecule has 0 heterocycles. The highest BCUT2D eigenvalue weighted by atomic mass is 19.4. The molecule has 196 valence electrons. The SMILES string of the molecule is O=C(O)CO/N=C/c1ccc(OCc2cccc(C(F)(F)F)c2)cc1OCc1cccc(C(F)(F)F)c1. The third-order valence-corrected chi connectivity index (χ3v) is 4.75. The van der Waals surface area contributed by atoms with Gasteiger partial charge in [-0.3, -0.25) is 0 Å². The average molecular weight is 527 g/mol. The minimum Gasteiger partial charge on any atom is -0.489 e. The van der Waals surface area contributed by atoms with Gasteiger partial charge in [0.2, 0.25) is 6.61 Å². The van der Waals surface area contributed by atoms with Crippen LogP contribution in [0.25, 0.3) is 0 Å². The van der Waals surface area contributed by atoms with Crippen molar-refractivity contribution in [2.24, 2.45) is 5.16 Å². The Kier molecular flexibility index (Phi) is 8.64. The molecule has 0 bridgehead atoms. The van der Waals surface area contributed by atoms with E-state index in [0.29, 0.717) is 0 Å². The number of carbonyl (C=O) groups is 1. The quantitative estimate of drug-likeness (QED) is 0.190. The van der Waals surface area contributed by atoms with Crippen LogP contribution < -0.4 is 9.47 Å². The second-order valence-corrected chi connectivity index (χ2v) is 7.57. The largest absolute Gasteiger partial charge is 0.489 e. The number of carboxylic acid groups (broad SMARTS) is 1. The number of alkyl halides is 6. The van der Waals surface area contributed by atoms with Gasteiger partial charge in [-0.1, -0.05) is 29.4 Å². The number of benzene rings is 3. The first-order valence-corrected chi connectivity index (χ1v) is 10.5. The van der Waals surface area contributed by atoms with E-state index in [1.807, 2.05) is 0 Å². The smallest absolute Gasteiger partial charge is 0.416 e. The third kappa shape index (κ3) is 8.44. The molecule has 0 aromatic heterocycles. The van der Waals surface area contributed by atoms with Gasteiger partial charge in [-0.2, -0.15) is 26.3 Å². The van der Waals surface area contributed by atoms with Crippen molar-refractivity contribution in [3.05, 3.63) is 94.5 Å². The standard InChI is InChI=1S/C25H19F6NO5/c26-24(27,28)19-5-1-3-16(9-19)13-35-21-8-7-18(12-32-37-15-23(33)34)22(11-21)36-14-17-4-2-6-20(10-17)25(29,30)31/h1-12H,13-15H2,(H,33,34)/b32-12+. The molecule has 0 aliphatic carbocycles. The average Bonchev–Trinajstić information content (AvgIpc) is 2.84. The number of nitrogens with zero attached hydrogens (tertiary/aromatic N) is 1. The molecule has 3 aromatic rings. The highest BCUT2D eigenvalue weighted by molar-refractivity contribution is 5.83. The number of halogens is 6. The first-order chi connectivity index (χ1) is 17.4. The van der Waals surface area contributed by atoms with Gasteiger partial charge in [0.25, 0.3) is 0 Å². The van der Waals surface area contributed by atoms with Crippen LogP contribution in [0.5, 0.6) is 11.5 Å². The summed E-state index contributed by atoms with van der Waals surface area (Å²) in [6, 6.07) is 13.4. The van der Waals surface area contributed by atoms with E-state index in [4.69, 9.17) is 14.6 Å². The van der Waals surface area contributed by atoms with Crippen LogP contribution in [0.15, 0.2) is 71.9 Å². The lowest BCUT2D eigenvalue weighted by Crippen LogP contribution is -2.07. The molecule has 0 fully saturated rings. The van der Waals surface area contributed by atoms with E-state index in [-0.39, 0.29) is 41.4 Å². The van der Waals surface area contributed by atoms with Crippen molar-refractivity contribution in [3.8, 4) is 11.5 Å². The van der Waals surface area contributed by atoms with E-state index in [1.54, 1.807) is 0 Å². The van der Waals surface area contributed by atoms with Gasteiger partial charge in [0.15, 0.2) is 0 Å². The number of aliphatic carboxylic acids is 1. The summed E-state index contributed by atoms with van der Waals surface area (Å²) in [7, 11) is 0. The summed E-state index contributed by atoms with van der Waals surface area (Å²) in [5.74, 6) is -0.960. The highest BCUT2D eigenvalue weighted by Crippen LogP contribution is 2.32. The van der Waals surface area contributed by atoms with Crippen molar-refractivity contribution in [2.45, 2.75) is 25.6 Å². The van der Waals surface area contributed by atoms with Crippen LogP contribution in [-0.2, 0) is 35.2 Å². The molecule has 0 spiro atoms. The molecule has 0 radical (unpaired) electrons. The fourth-order valence-electron chi connectivity index (χ4n) is 3.03. The lowest BCUT2D eigenvalue weighted by atomic mass is 10.1. The number of carboxylic acids is 1. The van der Waals surface area contributed by atoms with Crippen molar-refractivity contribution in [1.82, 2.24) is 0 Å². The van der Waals surface area contributed by atoms with E-state index in [2.05, 4.69) is 9.99 Å². The number of rotatable bonds is 10. The van der Waals surface area contributed by atoms with Crippen LogP contribution in [0, 0.1) is 0 Å². The number of ether oxygens (including phenoxy) is 2. The Morgan fingerprint density at radius 1 is 0.811 bits per heavy atom. The summed E-state index contributed by atoms with van der Waals surface area (Å²) in [6.45, 7) is -1.17. The topological polar surface area (TPSA) is 77.4 Å². The second-order valence-electron chi connectivity index (χ2n) is 7.57. The monoisotopic (exact) mass is 527 g/mol. The van der Waals surface area contributed by atoms with Crippen LogP contribution in [0.4, 0.5) is 26.3 Å². The second kappa shape index (κ2) is 11.7. The summed E-state index contributed by atoms with van der Waals surface area (Å²) in [5, 5.41) is 12.1. The molecule has 37 heavy (non-hydrogen) atoms. The lowest BCUT2D eigenvalue weighted by Gasteiger charge is -2.14.